The van der Waals surface area contributed by atoms with Crippen LogP contribution in [-0.4, -0.2) is 7.05 Å². The first-order valence-corrected chi connectivity index (χ1v) is 7.94. The summed E-state index contributed by atoms with van der Waals surface area (Å²) in [6.07, 6.45) is 2.11. The van der Waals surface area contributed by atoms with E-state index in [-0.39, 0.29) is 0 Å². The Morgan fingerprint density at radius 3 is 2.30 bits per heavy atom. The predicted octanol–water partition coefficient (Wildman–Crippen LogP) is 4.82. The van der Waals surface area contributed by atoms with Crippen molar-refractivity contribution in [2.75, 3.05) is 7.05 Å². The van der Waals surface area contributed by atoms with Gasteiger partial charge in [0.05, 0.1) is 0 Å². The second-order valence-corrected chi connectivity index (χ2v) is 6.13. The van der Waals surface area contributed by atoms with Crippen LogP contribution in [0.1, 0.15) is 35.2 Å². The fraction of sp³-hybridized carbons (Fsp3) is 0.333. The highest BCUT2D eigenvalue weighted by Gasteiger charge is 2.13. The number of hydrogen-bond acceptors (Lipinski definition) is 1. The molecule has 2 heteroatoms. The fourth-order valence-corrected chi connectivity index (χ4v) is 2.88. The van der Waals surface area contributed by atoms with Crippen LogP contribution < -0.4 is 5.32 Å². The van der Waals surface area contributed by atoms with Crippen LogP contribution in [-0.2, 0) is 12.8 Å². The maximum absolute atomic E-state index is 3.57. The summed E-state index contributed by atoms with van der Waals surface area (Å²) in [6, 6.07) is 15.8. The second kappa shape index (κ2) is 7.05. The third kappa shape index (κ3) is 3.71. The molecule has 1 atom stereocenters. The van der Waals surface area contributed by atoms with Gasteiger partial charge in [-0.1, -0.05) is 53.2 Å². The van der Waals surface area contributed by atoms with E-state index in [0.29, 0.717) is 6.04 Å². The molecule has 1 nitrogen and oxygen atoms in total. The fourth-order valence-electron chi connectivity index (χ4n) is 2.50. The minimum Gasteiger partial charge on any atom is -0.313 e. The van der Waals surface area contributed by atoms with E-state index in [9.17, 15) is 0 Å². The molecule has 20 heavy (non-hydrogen) atoms. The zero-order chi connectivity index (χ0) is 14.5. The van der Waals surface area contributed by atoms with Crippen LogP contribution in [0.25, 0.3) is 0 Å². The van der Waals surface area contributed by atoms with Crippen molar-refractivity contribution in [3.8, 4) is 0 Å². The second-order valence-electron chi connectivity index (χ2n) is 5.22. The van der Waals surface area contributed by atoms with E-state index in [1.807, 2.05) is 7.05 Å². The maximum Gasteiger partial charge on any atom is 0.0361 e. The third-order valence-corrected chi connectivity index (χ3v) is 4.33. The number of nitrogens with one attached hydrogen (secondary N) is 1. The van der Waals surface area contributed by atoms with E-state index >= 15 is 0 Å². The van der Waals surface area contributed by atoms with Crippen molar-refractivity contribution in [3.05, 3.63) is 69.2 Å². The van der Waals surface area contributed by atoms with Gasteiger partial charge in [-0.3, -0.25) is 0 Å². The number of hydrogen-bond donors (Lipinski definition) is 1. The predicted molar refractivity (Wildman–Crippen MR) is 90.2 cm³/mol. The molecule has 2 rings (SSSR count). The standard InChI is InChI=1S/C18H22BrN/c1-4-14-6-8-15(9-7-14)11-18(20-3)17-12-16(19)10-5-13(17)2/h5-10,12,18,20H,4,11H2,1-3H3. The summed E-state index contributed by atoms with van der Waals surface area (Å²) in [4.78, 5) is 0. The zero-order valence-corrected chi connectivity index (χ0v) is 14.0. The molecule has 1 unspecified atom stereocenters. The summed E-state index contributed by atoms with van der Waals surface area (Å²) in [7, 11) is 2.03. The van der Waals surface area contributed by atoms with Crippen LogP contribution in [0.15, 0.2) is 46.9 Å². The van der Waals surface area contributed by atoms with E-state index in [1.165, 1.54) is 22.3 Å². The van der Waals surface area contributed by atoms with E-state index in [1.54, 1.807) is 0 Å². The van der Waals surface area contributed by atoms with Gasteiger partial charge in [0.15, 0.2) is 0 Å². The van der Waals surface area contributed by atoms with Gasteiger partial charge >= 0.3 is 0 Å². The van der Waals surface area contributed by atoms with Crippen LogP contribution in [0.3, 0.4) is 0 Å². The van der Waals surface area contributed by atoms with Gasteiger partial charge < -0.3 is 5.32 Å². The molecule has 0 heterocycles. The molecule has 0 radical (unpaired) electrons. The van der Waals surface area contributed by atoms with E-state index < -0.39 is 0 Å². The Bertz CT molecular complexity index is 560. The summed E-state index contributed by atoms with van der Waals surface area (Å²) in [6.45, 7) is 4.36. The van der Waals surface area contributed by atoms with Crippen LogP contribution >= 0.6 is 15.9 Å². The molecular formula is C18H22BrN. The van der Waals surface area contributed by atoms with Crippen molar-refractivity contribution < 1.29 is 0 Å². The molecular weight excluding hydrogens is 310 g/mol. The molecule has 0 fully saturated rings. The Morgan fingerprint density at radius 1 is 1.05 bits per heavy atom. The molecule has 0 spiro atoms. The van der Waals surface area contributed by atoms with Crippen molar-refractivity contribution in [3.63, 3.8) is 0 Å². The lowest BCUT2D eigenvalue weighted by Crippen LogP contribution is -2.19. The summed E-state index contributed by atoms with van der Waals surface area (Å²) in [5.41, 5.74) is 5.47. The monoisotopic (exact) mass is 331 g/mol. The summed E-state index contributed by atoms with van der Waals surface area (Å²) in [5, 5.41) is 3.44. The molecule has 0 saturated carbocycles. The number of likely N-dealkylation sites (N-methyl/N-ethyl adjacent to an activating group) is 1. The van der Waals surface area contributed by atoms with Crippen molar-refractivity contribution in [1.29, 1.82) is 0 Å². The van der Waals surface area contributed by atoms with E-state index in [4.69, 9.17) is 0 Å². The van der Waals surface area contributed by atoms with Crippen molar-refractivity contribution >= 4 is 15.9 Å². The molecule has 0 aliphatic heterocycles. The van der Waals surface area contributed by atoms with Crippen LogP contribution in [0.4, 0.5) is 0 Å². The van der Waals surface area contributed by atoms with Crippen molar-refractivity contribution in [1.82, 2.24) is 5.32 Å². The number of aryl methyl sites for hydroxylation is 2. The van der Waals surface area contributed by atoms with Gasteiger partial charge in [-0.05, 0) is 61.2 Å². The lowest BCUT2D eigenvalue weighted by molar-refractivity contribution is 0.588. The molecule has 0 aromatic heterocycles. The first kappa shape index (κ1) is 15.3. The first-order chi connectivity index (χ1) is 9.63. The minimum absolute atomic E-state index is 0.347. The quantitative estimate of drug-likeness (QED) is 0.827. The first-order valence-electron chi connectivity index (χ1n) is 7.15. The smallest absolute Gasteiger partial charge is 0.0361 e. The van der Waals surface area contributed by atoms with Gasteiger partial charge in [0.1, 0.15) is 0 Å². The van der Waals surface area contributed by atoms with E-state index in [0.717, 1.165) is 17.3 Å². The lowest BCUT2D eigenvalue weighted by Gasteiger charge is -2.19. The summed E-state index contributed by atoms with van der Waals surface area (Å²) >= 11 is 3.57. The Balaban J connectivity index is 2.21. The highest BCUT2D eigenvalue weighted by atomic mass is 79.9. The van der Waals surface area contributed by atoms with Crippen LogP contribution in [0.5, 0.6) is 0 Å². The highest BCUT2D eigenvalue weighted by molar-refractivity contribution is 9.10. The van der Waals surface area contributed by atoms with Gasteiger partial charge in [-0.15, -0.1) is 0 Å². The van der Waals surface area contributed by atoms with Crippen molar-refractivity contribution in [2.24, 2.45) is 0 Å². The molecule has 2 aromatic carbocycles. The summed E-state index contributed by atoms with van der Waals surface area (Å²) < 4.78 is 1.14. The summed E-state index contributed by atoms with van der Waals surface area (Å²) in [5.74, 6) is 0. The average Bonchev–Trinajstić information content (AvgIpc) is 2.48. The maximum atomic E-state index is 3.57. The molecule has 0 aliphatic carbocycles. The topological polar surface area (TPSA) is 12.0 Å². The van der Waals surface area contributed by atoms with Crippen LogP contribution in [0.2, 0.25) is 0 Å². The lowest BCUT2D eigenvalue weighted by atomic mass is 9.95. The average molecular weight is 332 g/mol. The number of rotatable bonds is 5. The highest BCUT2D eigenvalue weighted by Crippen LogP contribution is 2.25. The van der Waals surface area contributed by atoms with E-state index in [2.05, 4.69) is 77.6 Å². The van der Waals surface area contributed by atoms with Gasteiger partial charge in [0.2, 0.25) is 0 Å². The largest absolute Gasteiger partial charge is 0.313 e. The van der Waals surface area contributed by atoms with Gasteiger partial charge in [-0.25, -0.2) is 0 Å². The Hall–Kier alpha value is -1.12. The normalized spacial score (nSPS) is 12.4. The SMILES string of the molecule is CCc1ccc(CC(NC)c2cc(Br)ccc2C)cc1. The Labute approximate surface area is 130 Å². The Morgan fingerprint density at radius 2 is 1.70 bits per heavy atom. The van der Waals surface area contributed by atoms with Crippen molar-refractivity contribution in [2.45, 2.75) is 32.7 Å². The molecule has 106 valence electrons. The van der Waals surface area contributed by atoms with Crippen LogP contribution in [0, 0.1) is 6.92 Å². The minimum atomic E-state index is 0.347. The third-order valence-electron chi connectivity index (χ3n) is 3.84. The number of halogens is 1. The number of benzene rings is 2. The molecule has 1 N–H and O–H groups in total. The van der Waals surface area contributed by atoms with Gasteiger partial charge in [0, 0.05) is 10.5 Å². The Kier molecular flexibility index (Phi) is 5.38. The van der Waals surface area contributed by atoms with Gasteiger partial charge in [-0.2, -0.15) is 0 Å². The molecule has 0 bridgehead atoms. The zero-order valence-electron chi connectivity index (χ0n) is 12.4. The molecule has 0 amide bonds. The van der Waals surface area contributed by atoms with Gasteiger partial charge in [0.25, 0.3) is 0 Å². The molecule has 0 aliphatic rings. The molecule has 2 aromatic rings. The molecule has 0 saturated heterocycles.